The molecule has 0 aromatic carbocycles. The Bertz CT molecular complexity index is 369. The Morgan fingerprint density at radius 1 is 1.69 bits per heavy atom. The summed E-state index contributed by atoms with van der Waals surface area (Å²) < 4.78 is 10.4. The number of amides is 1. The Morgan fingerprint density at radius 3 is 3.06 bits per heavy atom. The molecule has 0 bridgehead atoms. The average molecular weight is 224 g/mol. The summed E-state index contributed by atoms with van der Waals surface area (Å²) in [6.07, 6.45) is 2.18. The first kappa shape index (κ1) is 11.1. The third kappa shape index (κ3) is 2.41. The van der Waals surface area contributed by atoms with Gasteiger partial charge in [-0.05, 0) is 26.7 Å². The number of carbonyl (C=O) groups excluding carboxylic acids is 1. The van der Waals surface area contributed by atoms with E-state index in [4.69, 9.17) is 9.26 Å². The molecule has 1 aromatic heterocycles. The second-order valence-electron chi connectivity index (χ2n) is 4.15. The average Bonchev–Trinajstić information content (AvgIpc) is 2.87. The van der Waals surface area contributed by atoms with E-state index in [2.05, 4.69) is 10.5 Å². The van der Waals surface area contributed by atoms with Crippen LogP contribution in [0.3, 0.4) is 0 Å². The van der Waals surface area contributed by atoms with Gasteiger partial charge in [0.05, 0.1) is 17.8 Å². The Morgan fingerprint density at radius 2 is 2.50 bits per heavy atom. The summed E-state index contributed by atoms with van der Waals surface area (Å²) in [5.74, 6) is 0.0194. The number of hydrogen-bond acceptors (Lipinski definition) is 4. The highest BCUT2D eigenvalue weighted by Gasteiger charge is 2.24. The van der Waals surface area contributed by atoms with Crippen LogP contribution in [0.4, 0.5) is 0 Å². The molecule has 2 rings (SSSR count). The molecule has 1 aromatic rings. The molecule has 0 spiro atoms. The maximum absolute atomic E-state index is 11.7. The number of aromatic nitrogens is 1. The molecule has 0 unspecified atom stereocenters. The minimum Gasteiger partial charge on any atom is -0.376 e. The number of aryl methyl sites for hydroxylation is 1. The van der Waals surface area contributed by atoms with Crippen LogP contribution in [-0.2, 0) is 4.74 Å². The van der Waals surface area contributed by atoms with E-state index < -0.39 is 0 Å². The van der Waals surface area contributed by atoms with Gasteiger partial charge in [0, 0.05) is 12.7 Å². The molecular weight excluding hydrogens is 208 g/mol. The Balaban J connectivity index is 1.91. The fourth-order valence-electron chi connectivity index (χ4n) is 1.84. The number of hydrogen-bond donors (Lipinski definition) is 1. The molecule has 88 valence electrons. The second-order valence-corrected chi connectivity index (χ2v) is 4.15. The standard InChI is InChI=1S/C11H16N2O3/c1-7-6-10(16-13-7)11(14)12-8(2)9-4-3-5-15-9/h6,8-9H,3-5H2,1-2H3,(H,12,14)/t8-,9-/m1/s1. The normalized spacial score (nSPS) is 22.0. The van der Waals surface area contributed by atoms with Gasteiger partial charge < -0.3 is 14.6 Å². The lowest BCUT2D eigenvalue weighted by Crippen LogP contribution is -2.40. The molecule has 1 N–H and O–H groups in total. The lowest BCUT2D eigenvalue weighted by Gasteiger charge is -2.18. The van der Waals surface area contributed by atoms with Crippen molar-refractivity contribution >= 4 is 5.91 Å². The van der Waals surface area contributed by atoms with Gasteiger partial charge in [0.2, 0.25) is 5.76 Å². The van der Waals surface area contributed by atoms with Crippen LogP contribution in [0.1, 0.15) is 36.0 Å². The molecule has 0 aliphatic carbocycles. The van der Waals surface area contributed by atoms with Gasteiger partial charge in [-0.1, -0.05) is 5.16 Å². The van der Waals surface area contributed by atoms with Gasteiger partial charge in [-0.15, -0.1) is 0 Å². The van der Waals surface area contributed by atoms with E-state index in [9.17, 15) is 4.79 Å². The minimum atomic E-state index is -0.233. The molecule has 1 amide bonds. The Labute approximate surface area is 94.1 Å². The van der Waals surface area contributed by atoms with Crippen molar-refractivity contribution in [2.24, 2.45) is 0 Å². The molecule has 1 aliphatic heterocycles. The highest BCUT2D eigenvalue weighted by molar-refractivity contribution is 5.91. The summed E-state index contributed by atoms with van der Waals surface area (Å²) in [6, 6.07) is 1.62. The highest BCUT2D eigenvalue weighted by atomic mass is 16.5. The van der Waals surface area contributed by atoms with Gasteiger partial charge in [-0.2, -0.15) is 0 Å². The number of rotatable bonds is 3. The van der Waals surface area contributed by atoms with Gasteiger partial charge in [-0.3, -0.25) is 4.79 Å². The third-order valence-corrected chi connectivity index (χ3v) is 2.73. The number of carbonyl (C=O) groups is 1. The summed E-state index contributed by atoms with van der Waals surface area (Å²) in [6.45, 7) is 4.51. The van der Waals surface area contributed by atoms with E-state index in [-0.39, 0.29) is 23.8 Å². The van der Waals surface area contributed by atoms with Crippen LogP contribution in [0.5, 0.6) is 0 Å². The molecular formula is C11H16N2O3. The summed E-state index contributed by atoms with van der Waals surface area (Å²) in [5.41, 5.74) is 0.704. The first-order valence-corrected chi connectivity index (χ1v) is 5.52. The number of nitrogens with one attached hydrogen (secondary N) is 1. The first-order valence-electron chi connectivity index (χ1n) is 5.52. The van der Waals surface area contributed by atoms with Crippen molar-refractivity contribution in [3.63, 3.8) is 0 Å². The Hall–Kier alpha value is -1.36. The minimum absolute atomic E-state index is 0.000376. The van der Waals surface area contributed by atoms with Crippen LogP contribution < -0.4 is 5.32 Å². The van der Waals surface area contributed by atoms with Crippen LogP contribution in [0.2, 0.25) is 0 Å². The number of nitrogens with zero attached hydrogens (tertiary/aromatic N) is 1. The SMILES string of the molecule is Cc1cc(C(=O)N[C@H](C)[C@H]2CCCO2)on1. The van der Waals surface area contributed by atoms with Crippen LogP contribution >= 0.6 is 0 Å². The van der Waals surface area contributed by atoms with Crippen LogP contribution in [0.25, 0.3) is 0 Å². The molecule has 2 heterocycles. The fraction of sp³-hybridized carbons (Fsp3) is 0.636. The molecule has 1 saturated heterocycles. The smallest absolute Gasteiger partial charge is 0.290 e. The fourth-order valence-corrected chi connectivity index (χ4v) is 1.84. The molecule has 0 saturated carbocycles. The molecule has 0 radical (unpaired) electrons. The molecule has 1 fully saturated rings. The van der Waals surface area contributed by atoms with Crippen molar-refractivity contribution in [2.45, 2.75) is 38.8 Å². The van der Waals surface area contributed by atoms with E-state index in [1.807, 2.05) is 6.92 Å². The topological polar surface area (TPSA) is 64.4 Å². The van der Waals surface area contributed by atoms with Gasteiger partial charge >= 0.3 is 0 Å². The first-order chi connectivity index (χ1) is 7.66. The molecule has 2 atom stereocenters. The van der Waals surface area contributed by atoms with Crippen molar-refractivity contribution in [3.8, 4) is 0 Å². The van der Waals surface area contributed by atoms with Gasteiger partial charge in [0.15, 0.2) is 0 Å². The maximum atomic E-state index is 11.7. The third-order valence-electron chi connectivity index (χ3n) is 2.73. The van der Waals surface area contributed by atoms with Crippen molar-refractivity contribution in [2.75, 3.05) is 6.61 Å². The summed E-state index contributed by atoms with van der Waals surface area (Å²) in [7, 11) is 0. The summed E-state index contributed by atoms with van der Waals surface area (Å²) in [5, 5.41) is 6.53. The lowest BCUT2D eigenvalue weighted by molar-refractivity contribution is 0.0691. The molecule has 5 heteroatoms. The van der Waals surface area contributed by atoms with Crippen molar-refractivity contribution in [1.29, 1.82) is 0 Å². The van der Waals surface area contributed by atoms with Crippen LogP contribution in [0.15, 0.2) is 10.6 Å². The van der Waals surface area contributed by atoms with Crippen molar-refractivity contribution in [1.82, 2.24) is 10.5 Å². The zero-order chi connectivity index (χ0) is 11.5. The van der Waals surface area contributed by atoms with Crippen LogP contribution in [-0.4, -0.2) is 29.8 Å². The predicted octanol–water partition coefficient (Wildman–Crippen LogP) is 1.28. The zero-order valence-electron chi connectivity index (χ0n) is 9.53. The predicted molar refractivity (Wildman–Crippen MR) is 57.1 cm³/mol. The molecule has 1 aliphatic rings. The molecule has 5 nitrogen and oxygen atoms in total. The van der Waals surface area contributed by atoms with Gasteiger partial charge in [0.25, 0.3) is 5.91 Å². The Kier molecular flexibility index (Phi) is 3.24. The summed E-state index contributed by atoms with van der Waals surface area (Å²) in [4.78, 5) is 11.7. The summed E-state index contributed by atoms with van der Waals surface area (Å²) >= 11 is 0. The maximum Gasteiger partial charge on any atom is 0.290 e. The monoisotopic (exact) mass is 224 g/mol. The quantitative estimate of drug-likeness (QED) is 0.840. The van der Waals surface area contributed by atoms with Gasteiger partial charge in [-0.25, -0.2) is 0 Å². The molecule has 16 heavy (non-hydrogen) atoms. The number of ether oxygens (including phenoxy) is 1. The second kappa shape index (κ2) is 4.65. The van der Waals surface area contributed by atoms with Crippen LogP contribution in [0, 0.1) is 6.92 Å². The zero-order valence-corrected chi connectivity index (χ0v) is 9.53. The van der Waals surface area contributed by atoms with E-state index in [1.54, 1.807) is 13.0 Å². The van der Waals surface area contributed by atoms with Crippen molar-refractivity contribution in [3.05, 3.63) is 17.5 Å². The van der Waals surface area contributed by atoms with E-state index in [1.165, 1.54) is 0 Å². The highest BCUT2D eigenvalue weighted by Crippen LogP contribution is 2.15. The van der Waals surface area contributed by atoms with Gasteiger partial charge in [0.1, 0.15) is 0 Å². The largest absolute Gasteiger partial charge is 0.376 e. The lowest BCUT2D eigenvalue weighted by atomic mass is 10.1. The van der Waals surface area contributed by atoms with Crippen molar-refractivity contribution < 1.29 is 14.1 Å². The van der Waals surface area contributed by atoms with E-state index in [0.717, 1.165) is 19.4 Å². The van der Waals surface area contributed by atoms with E-state index >= 15 is 0 Å². The van der Waals surface area contributed by atoms with E-state index in [0.29, 0.717) is 5.69 Å².